The molecule has 5 nitrogen and oxygen atoms in total. The molecule has 1 heterocycles. The number of amides is 1. The van der Waals surface area contributed by atoms with Crippen molar-refractivity contribution in [1.29, 1.82) is 0 Å². The molecule has 0 bridgehead atoms. The van der Waals surface area contributed by atoms with Crippen molar-refractivity contribution in [3.8, 4) is 0 Å². The van der Waals surface area contributed by atoms with Crippen LogP contribution in [-0.2, 0) is 14.8 Å². The fourth-order valence-electron chi connectivity index (χ4n) is 2.83. The van der Waals surface area contributed by atoms with E-state index >= 15 is 0 Å². The second-order valence-corrected chi connectivity index (χ2v) is 8.40. The van der Waals surface area contributed by atoms with E-state index in [4.69, 9.17) is 11.6 Å². The van der Waals surface area contributed by atoms with E-state index in [-0.39, 0.29) is 17.2 Å². The highest BCUT2D eigenvalue weighted by atomic mass is 35.5. The Kier molecular flexibility index (Phi) is 4.86. The lowest BCUT2D eigenvalue weighted by molar-refractivity contribution is -0.117. The SMILES string of the molecule is Cc1ccc(N2C[C@@H](NS(=O)(=O)c3ccc(Cl)cc3)CC2=O)cc1C. The predicted molar refractivity (Wildman–Crippen MR) is 98.4 cm³/mol. The maximum absolute atomic E-state index is 12.5. The Morgan fingerprint density at radius 2 is 1.76 bits per heavy atom. The molecule has 0 aromatic heterocycles. The van der Waals surface area contributed by atoms with E-state index in [1.165, 1.54) is 24.3 Å². The first kappa shape index (κ1) is 17.9. The number of benzene rings is 2. The van der Waals surface area contributed by atoms with Crippen LogP contribution in [0.3, 0.4) is 0 Å². The molecule has 7 heteroatoms. The molecule has 2 aromatic carbocycles. The van der Waals surface area contributed by atoms with E-state index in [9.17, 15) is 13.2 Å². The highest BCUT2D eigenvalue weighted by Crippen LogP contribution is 2.25. The van der Waals surface area contributed by atoms with Crippen molar-refractivity contribution >= 4 is 33.2 Å². The zero-order valence-electron chi connectivity index (χ0n) is 14.0. The summed E-state index contributed by atoms with van der Waals surface area (Å²) in [7, 11) is -3.69. The Morgan fingerprint density at radius 3 is 2.40 bits per heavy atom. The van der Waals surface area contributed by atoms with E-state index in [1.54, 1.807) is 4.90 Å². The standard InChI is InChI=1S/C18H19ClN2O3S/c1-12-3-6-16(9-13(12)2)21-11-15(10-18(21)22)20-25(23,24)17-7-4-14(19)5-8-17/h3-9,15,20H,10-11H2,1-2H3/t15-/m0/s1. The van der Waals surface area contributed by atoms with Crippen LogP contribution in [0.2, 0.25) is 5.02 Å². The minimum absolute atomic E-state index is 0.0907. The van der Waals surface area contributed by atoms with Gasteiger partial charge in [-0.2, -0.15) is 0 Å². The summed E-state index contributed by atoms with van der Waals surface area (Å²) in [6.07, 6.45) is 0.139. The zero-order chi connectivity index (χ0) is 18.2. The van der Waals surface area contributed by atoms with Crippen LogP contribution < -0.4 is 9.62 Å². The highest BCUT2D eigenvalue weighted by Gasteiger charge is 2.33. The van der Waals surface area contributed by atoms with E-state index < -0.39 is 16.1 Å². The van der Waals surface area contributed by atoms with Gasteiger partial charge in [0.15, 0.2) is 0 Å². The van der Waals surface area contributed by atoms with Crippen molar-refractivity contribution < 1.29 is 13.2 Å². The zero-order valence-corrected chi connectivity index (χ0v) is 15.6. The van der Waals surface area contributed by atoms with Crippen LogP contribution in [0, 0.1) is 13.8 Å². The molecule has 1 N–H and O–H groups in total. The van der Waals surface area contributed by atoms with Gasteiger partial charge < -0.3 is 4.90 Å². The van der Waals surface area contributed by atoms with Gasteiger partial charge in [-0.25, -0.2) is 13.1 Å². The van der Waals surface area contributed by atoms with Crippen LogP contribution in [0.15, 0.2) is 47.4 Å². The van der Waals surface area contributed by atoms with Gasteiger partial charge in [0.1, 0.15) is 0 Å². The molecule has 1 fully saturated rings. The number of halogens is 1. The molecule has 0 radical (unpaired) electrons. The van der Waals surface area contributed by atoms with Crippen molar-refractivity contribution in [3.05, 3.63) is 58.6 Å². The minimum atomic E-state index is -3.69. The van der Waals surface area contributed by atoms with E-state index in [0.717, 1.165) is 16.8 Å². The van der Waals surface area contributed by atoms with Gasteiger partial charge in [0.2, 0.25) is 15.9 Å². The van der Waals surface area contributed by atoms with Crippen LogP contribution in [0.25, 0.3) is 0 Å². The van der Waals surface area contributed by atoms with E-state index in [1.807, 2.05) is 32.0 Å². The second-order valence-electron chi connectivity index (χ2n) is 6.25. The lowest BCUT2D eigenvalue weighted by atomic mass is 10.1. The van der Waals surface area contributed by atoms with Gasteiger partial charge >= 0.3 is 0 Å². The van der Waals surface area contributed by atoms with E-state index in [2.05, 4.69) is 4.72 Å². The number of aryl methyl sites for hydroxylation is 2. The number of carbonyl (C=O) groups excluding carboxylic acids is 1. The number of anilines is 1. The van der Waals surface area contributed by atoms with Gasteiger partial charge in [0.25, 0.3) is 0 Å². The largest absolute Gasteiger partial charge is 0.311 e. The summed E-state index contributed by atoms with van der Waals surface area (Å²) in [6, 6.07) is 11.3. The smallest absolute Gasteiger partial charge is 0.240 e. The predicted octanol–water partition coefficient (Wildman–Crippen LogP) is 3.04. The normalized spacial score (nSPS) is 18.0. The third kappa shape index (κ3) is 3.86. The molecule has 1 aliphatic rings. The first-order chi connectivity index (χ1) is 11.8. The molecule has 0 aliphatic carbocycles. The fraction of sp³-hybridized carbons (Fsp3) is 0.278. The number of hydrogen-bond donors (Lipinski definition) is 1. The summed E-state index contributed by atoms with van der Waals surface area (Å²) < 4.78 is 27.5. The average molecular weight is 379 g/mol. The van der Waals surface area contributed by atoms with Crippen LogP contribution in [0.5, 0.6) is 0 Å². The molecule has 25 heavy (non-hydrogen) atoms. The summed E-state index contributed by atoms with van der Waals surface area (Å²) in [5.41, 5.74) is 3.03. The number of sulfonamides is 1. The molecule has 0 unspecified atom stereocenters. The van der Waals surface area contributed by atoms with Gasteiger partial charge in [0.05, 0.1) is 4.90 Å². The first-order valence-corrected chi connectivity index (χ1v) is 9.78. The topological polar surface area (TPSA) is 66.5 Å². The quantitative estimate of drug-likeness (QED) is 0.889. The molecule has 2 aromatic rings. The van der Waals surface area contributed by atoms with Crippen LogP contribution in [-0.4, -0.2) is 26.9 Å². The molecule has 1 amide bonds. The molecule has 1 aliphatic heterocycles. The average Bonchev–Trinajstić information content (AvgIpc) is 2.90. The lowest BCUT2D eigenvalue weighted by Gasteiger charge is -2.18. The van der Waals surface area contributed by atoms with Crippen LogP contribution in [0.4, 0.5) is 5.69 Å². The Balaban J connectivity index is 1.76. The molecule has 1 saturated heterocycles. The Morgan fingerprint density at radius 1 is 1.08 bits per heavy atom. The second kappa shape index (κ2) is 6.78. The third-order valence-electron chi connectivity index (χ3n) is 4.37. The van der Waals surface area contributed by atoms with Crippen molar-refractivity contribution in [2.24, 2.45) is 0 Å². The van der Waals surface area contributed by atoms with Crippen LogP contribution >= 0.6 is 11.6 Å². The first-order valence-electron chi connectivity index (χ1n) is 7.92. The third-order valence-corrected chi connectivity index (χ3v) is 6.16. The molecule has 3 rings (SSSR count). The molecule has 1 atom stereocenters. The number of nitrogens with zero attached hydrogens (tertiary/aromatic N) is 1. The minimum Gasteiger partial charge on any atom is -0.311 e. The number of carbonyl (C=O) groups is 1. The Bertz CT molecular complexity index is 910. The van der Waals surface area contributed by atoms with Gasteiger partial charge in [0, 0.05) is 29.7 Å². The van der Waals surface area contributed by atoms with Crippen LogP contribution in [0.1, 0.15) is 17.5 Å². The number of nitrogens with one attached hydrogen (secondary N) is 1. The van der Waals surface area contributed by atoms with Gasteiger partial charge in [-0.05, 0) is 61.4 Å². The maximum Gasteiger partial charge on any atom is 0.240 e. The van der Waals surface area contributed by atoms with Crippen molar-refractivity contribution in [2.45, 2.75) is 31.2 Å². The number of rotatable bonds is 4. The summed E-state index contributed by atoms with van der Waals surface area (Å²) >= 11 is 5.80. The van der Waals surface area contributed by atoms with Crippen molar-refractivity contribution in [2.75, 3.05) is 11.4 Å². The molecule has 132 valence electrons. The van der Waals surface area contributed by atoms with E-state index in [0.29, 0.717) is 11.6 Å². The summed E-state index contributed by atoms with van der Waals surface area (Å²) in [5, 5.41) is 0.468. The Hall–Kier alpha value is -1.89. The van der Waals surface area contributed by atoms with Crippen molar-refractivity contribution in [1.82, 2.24) is 4.72 Å². The summed E-state index contributed by atoms with van der Waals surface area (Å²) in [6.45, 7) is 4.31. The van der Waals surface area contributed by atoms with Crippen molar-refractivity contribution in [3.63, 3.8) is 0 Å². The molecular weight excluding hydrogens is 360 g/mol. The maximum atomic E-state index is 12.5. The summed E-state index contributed by atoms with van der Waals surface area (Å²) in [5.74, 6) is -0.0907. The number of hydrogen-bond acceptors (Lipinski definition) is 3. The lowest BCUT2D eigenvalue weighted by Crippen LogP contribution is -2.37. The fourth-order valence-corrected chi connectivity index (χ4v) is 4.18. The monoisotopic (exact) mass is 378 g/mol. The van der Waals surface area contributed by atoms with Gasteiger partial charge in [-0.1, -0.05) is 17.7 Å². The Labute approximate surface area is 152 Å². The molecule has 0 spiro atoms. The van der Waals surface area contributed by atoms with Gasteiger partial charge in [-0.15, -0.1) is 0 Å². The molecular formula is C18H19ClN2O3S. The summed E-state index contributed by atoms with van der Waals surface area (Å²) in [4.78, 5) is 14.1. The van der Waals surface area contributed by atoms with Gasteiger partial charge in [-0.3, -0.25) is 4.79 Å². The molecule has 0 saturated carbocycles. The highest BCUT2D eigenvalue weighted by molar-refractivity contribution is 7.89.